The van der Waals surface area contributed by atoms with Gasteiger partial charge in [-0.25, -0.2) is 0 Å². The Hall–Kier alpha value is 0.300. The van der Waals surface area contributed by atoms with Crippen LogP contribution in [0.3, 0.4) is 0 Å². The lowest BCUT2D eigenvalue weighted by molar-refractivity contribution is -0.113. The molecule has 0 rings (SSSR count). The van der Waals surface area contributed by atoms with Crippen LogP contribution in [0.15, 0.2) is 0 Å². The highest BCUT2D eigenvalue weighted by atomic mass is 79.9. The molecule has 0 radical (unpaired) electrons. The summed E-state index contributed by atoms with van der Waals surface area (Å²) < 4.78 is 21.8. The van der Waals surface area contributed by atoms with Crippen LogP contribution in [0.25, 0.3) is 0 Å². The SMILES string of the molecule is CCOP(=O)(OCC(C)Br)C(=O)CC. The van der Waals surface area contributed by atoms with Crippen LogP contribution in [0.2, 0.25) is 0 Å². The minimum absolute atomic E-state index is 0.0425. The molecule has 84 valence electrons. The molecule has 0 amide bonds. The van der Waals surface area contributed by atoms with Crippen molar-refractivity contribution in [2.24, 2.45) is 0 Å². The smallest absolute Gasteiger partial charge is 0.303 e. The van der Waals surface area contributed by atoms with E-state index in [1.165, 1.54) is 0 Å². The number of hydrogen-bond acceptors (Lipinski definition) is 4. The molecule has 0 aliphatic heterocycles. The van der Waals surface area contributed by atoms with Gasteiger partial charge in [-0.2, -0.15) is 0 Å². The van der Waals surface area contributed by atoms with Gasteiger partial charge in [0.15, 0.2) is 0 Å². The van der Waals surface area contributed by atoms with Gasteiger partial charge in [-0.15, -0.1) is 0 Å². The molecule has 0 aliphatic carbocycles. The Kier molecular flexibility index (Phi) is 6.87. The van der Waals surface area contributed by atoms with E-state index in [0.717, 1.165) is 0 Å². The lowest BCUT2D eigenvalue weighted by Gasteiger charge is -2.16. The van der Waals surface area contributed by atoms with Crippen molar-refractivity contribution in [3.05, 3.63) is 0 Å². The molecule has 0 spiro atoms. The quantitative estimate of drug-likeness (QED) is 0.533. The summed E-state index contributed by atoms with van der Waals surface area (Å²) in [6.45, 7) is 5.56. The zero-order chi connectivity index (χ0) is 11.2. The van der Waals surface area contributed by atoms with Gasteiger partial charge in [-0.05, 0) is 6.92 Å². The van der Waals surface area contributed by atoms with Crippen molar-refractivity contribution in [1.82, 2.24) is 0 Å². The van der Waals surface area contributed by atoms with Crippen molar-refractivity contribution in [1.29, 1.82) is 0 Å². The van der Waals surface area contributed by atoms with E-state index in [9.17, 15) is 9.36 Å². The van der Waals surface area contributed by atoms with Gasteiger partial charge in [0.05, 0.1) is 13.2 Å². The Labute approximate surface area is 93.0 Å². The number of carbonyl (C=O) groups is 1. The van der Waals surface area contributed by atoms with Crippen molar-refractivity contribution >= 4 is 29.1 Å². The number of carbonyl (C=O) groups excluding carboxylic acids is 1. The number of alkyl halides is 1. The molecule has 0 heterocycles. The number of hydrogen-bond donors (Lipinski definition) is 0. The second-order valence-corrected chi connectivity index (χ2v) is 6.31. The molecule has 0 saturated heterocycles. The fraction of sp³-hybridized carbons (Fsp3) is 0.875. The van der Waals surface area contributed by atoms with Crippen molar-refractivity contribution in [2.45, 2.75) is 32.0 Å². The summed E-state index contributed by atoms with van der Waals surface area (Å²) in [5.74, 6) is 0. The maximum absolute atomic E-state index is 11.8. The molecule has 6 heteroatoms. The first-order valence-electron chi connectivity index (χ1n) is 4.52. The van der Waals surface area contributed by atoms with Gasteiger partial charge in [0.1, 0.15) is 0 Å². The maximum atomic E-state index is 11.8. The van der Waals surface area contributed by atoms with E-state index in [0.29, 0.717) is 0 Å². The van der Waals surface area contributed by atoms with Crippen molar-refractivity contribution < 1.29 is 18.4 Å². The molecule has 0 bridgehead atoms. The Bertz CT molecular complexity index is 229. The summed E-state index contributed by atoms with van der Waals surface area (Å²) >= 11 is 3.24. The van der Waals surface area contributed by atoms with Crippen LogP contribution in [0.4, 0.5) is 0 Å². The minimum atomic E-state index is -3.53. The lowest BCUT2D eigenvalue weighted by atomic mass is 10.5. The zero-order valence-electron chi connectivity index (χ0n) is 8.66. The summed E-state index contributed by atoms with van der Waals surface area (Å²) in [7, 11) is -3.53. The Morgan fingerprint density at radius 3 is 2.36 bits per heavy atom. The van der Waals surface area contributed by atoms with Crippen molar-refractivity contribution in [3.8, 4) is 0 Å². The second kappa shape index (κ2) is 6.72. The van der Waals surface area contributed by atoms with E-state index in [1.54, 1.807) is 13.8 Å². The summed E-state index contributed by atoms with van der Waals surface area (Å²) in [5.41, 5.74) is -0.465. The molecule has 0 aromatic rings. The maximum Gasteiger partial charge on any atom is 0.396 e. The van der Waals surface area contributed by atoms with E-state index >= 15 is 0 Å². The van der Waals surface area contributed by atoms with Crippen molar-refractivity contribution in [3.63, 3.8) is 0 Å². The monoisotopic (exact) mass is 286 g/mol. The minimum Gasteiger partial charge on any atom is -0.303 e. The molecule has 14 heavy (non-hydrogen) atoms. The third kappa shape index (κ3) is 4.69. The van der Waals surface area contributed by atoms with Crippen LogP contribution < -0.4 is 0 Å². The topological polar surface area (TPSA) is 52.6 Å². The first kappa shape index (κ1) is 14.3. The van der Waals surface area contributed by atoms with Crippen LogP contribution >= 0.6 is 23.5 Å². The highest BCUT2D eigenvalue weighted by molar-refractivity contribution is 9.09. The van der Waals surface area contributed by atoms with Gasteiger partial charge in [0.2, 0.25) is 5.52 Å². The van der Waals surface area contributed by atoms with Crippen LogP contribution in [-0.2, 0) is 18.4 Å². The van der Waals surface area contributed by atoms with Gasteiger partial charge < -0.3 is 9.05 Å². The van der Waals surface area contributed by atoms with Gasteiger partial charge in [0.25, 0.3) is 0 Å². The van der Waals surface area contributed by atoms with Gasteiger partial charge in [-0.1, -0.05) is 29.8 Å². The Morgan fingerprint density at radius 2 is 2.00 bits per heavy atom. The second-order valence-electron chi connectivity index (χ2n) is 2.74. The van der Waals surface area contributed by atoms with Crippen LogP contribution in [0, 0.1) is 0 Å². The molecule has 0 aliphatic rings. The van der Waals surface area contributed by atoms with E-state index in [-0.39, 0.29) is 24.5 Å². The van der Waals surface area contributed by atoms with Gasteiger partial charge in [-0.3, -0.25) is 9.36 Å². The molecule has 0 saturated carbocycles. The number of rotatable bonds is 7. The van der Waals surface area contributed by atoms with E-state index < -0.39 is 13.1 Å². The van der Waals surface area contributed by atoms with Crippen LogP contribution in [-0.4, -0.2) is 23.6 Å². The standard InChI is InChI=1S/C8H16BrO4P/c1-4-8(10)14(11,12-5-2)13-6-7(3)9/h7H,4-6H2,1-3H3. The molecular weight excluding hydrogens is 271 g/mol. The van der Waals surface area contributed by atoms with Crippen LogP contribution in [0.5, 0.6) is 0 Å². The van der Waals surface area contributed by atoms with Gasteiger partial charge in [0, 0.05) is 11.2 Å². The summed E-state index contributed by atoms with van der Waals surface area (Å²) in [5, 5.41) is 0. The normalized spacial score (nSPS) is 17.4. The average Bonchev–Trinajstić information content (AvgIpc) is 2.14. The van der Waals surface area contributed by atoms with Crippen LogP contribution in [0.1, 0.15) is 27.2 Å². The molecule has 0 N–H and O–H groups in total. The highest BCUT2D eigenvalue weighted by Crippen LogP contribution is 2.50. The predicted octanol–water partition coefficient (Wildman–Crippen LogP) is 2.95. The largest absolute Gasteiger partial charge is 0.396 e. The van der Waals surface area contributed by atoms with E-state index in [4.69, 9.17) is 9.05 Å². The first-order valence-corrected chi connectivity index (χ1v) is 6.98. The number of halogens is 1. The van der Waals surface area contributed by atoms with E-state index in [2.05, 4.69) is 15.9 Å². The Balaban J connectivity index is 4.40. The molecule has 0 aromatic heterocycles. The Morgan fingerprint density at radius 1 is 1.43 bits per heavy atom. The molecule has 0 fully saturated rings. The molecule has 2 unspecified atom stereocenters. The first-order chi connectivity index (χ1) is 6.46. The predicted molar refractivity (Wildman–Crippen MR) is 58.9 cm³/mol. The zero-order valence-corrected chi connectivity index (χ0v) is 11.1. The fourth-order valence-corrected chi connectivity index (χ4v) is 2.59. The van der Waals surface area contributed by atoms with E-state index in [1.807, 2.05) is 6.92 Å². The highest BCUT2D eigenvalue weighted by Gasteiger charge is 2.32. The molecule has 4 nitrogen and oxygen atoms in total. The third-order valence-electron chi connectivity index (χ3n) is 1.38. The lowest BCUT2D eigenvalue weighted by Crippen LogP contribution is -2.10. The molecular formula is C8H16BrO4P. The summed E-state index contributed by atoms with van der Waals surface area (Å²) in [6, 6.07) is 0. The van der Waals surface area contributed by atoms with Crippen molar-refractivity contribution in [2.75, 3.05) is 13.2 Å². The molecule has 2 atom stereocenters. The summed E-state index contributed by atoms with van der Waals surface area (Å²) in [4.78, 5) is 11.4. The molecule has 0 aromatic carbocycles. The van der Waals surface area contributed by atoms with Gasteiger partial charge >= 0.3 is 7.60 Å². The summed E-state index contributed by atoms with van der Waals surface area (Å²) in [6.07, 6.45) is 0.161. The third-order valence-corrected chi connectivity index (χ3v) is 3.66. The fourth-order valence-electron chi connectivity index (χ4n) is 0.746. The average molecular weight is 287 g/mol.